The number of rotatable bonds is 15. The number of ether oxygens (including phenoxy) is 2. The van der Waals surface area contributed by atoms with Crippen LogP contribution >= 0.6 is 0 Å². The molecular weight excluding hydrogens is 778 g/mol. The van der Waals surface area contributed by atoms with Crippen molar-refractivity contribution in [3.8, 4) is 23.3 Å². The average molecular weight is 826 g/mol. The lowest BCUT2D eigenvalue weighted by atomic mass is 10.0. The Balaban J connectivity index is 0.948. The minimum absolute atomic E-state index is 0.114. The van der Waals surface area contributed by atoms with Crippen molar-refractivity contribution in [1.82, 2.24) is 25.2 Å². The summed E-state index contributed by atoms with van der Waals surface area (Å²) < 4.78 is 68.4. The van der Waals surface area contributed by atoms with Crippen molar-refractivity contribution < 1.29 is 52.3 Å². The van der Waals surface area contributed by atoms with Crippen LogP contribution in [0.2, 0.25) is 0 Å². The van der Waals surface area contributed by atoms with Gasteiger partial charge in [0.2, 0.25) is 17.7 Å². The first-order valence-corrected chi connectivity index (χ1v) is 19.4. The predicted octanol–water partition coefficient (Wildman–Crippen LogP) is 6.37. The second-order valence-corrected chi connectivity index (χ2v) is 15.3. The van der Waals surface area contributed by atoms with Crippen LogP contribution in [0.15, 0.2) is 48.5 Å². The third-order valence-electron chi connectivity index (χ3n) is 11.2. The van der Waals surface area contributed by atoms with Gasteiger partial charge in [-0.3, -0.25) is 14.7 Å². The van der Waals surface area contributed by atoms with Gasteiger partial charge in [-0.1, -0.05) is 18.2 Å². The van der Waals surface area contributed by atoms with Crippen molar-refractivity contribution in [2.75, 3.05) is 37.4 Å². The predicted molar refractivity (Wildman–Crippen MR) is 211 cm³/mol. The number of aliphatic hydroxyl groups is 2. The van der Waals surface area contributed by atoms with Gasteiger partial charge in [-0.05, 0) is 76.8 Å². The van der Waals surface area contributed by atoms with Crippen molar-refractivity contribution in [2.45, 2.75) is 83.1 Å². The molecule has 1 aliphatic carbocycles. The fraction of sp³-hybridized carbons (Fsp3) is 0.439. The third-order valence-corrected chi connectivity index (χ3v) is 11.2. The van der Waals surface area contributed by atoms with Crippen LogP contribution in [0.25, 0.3) is 21.7 Å². The fourth-order valence-corrected chi connectivity index (χ4v) is 7.69. The topological polar surface area (TPSA) is 195 Å². The number of carbonyl (C=O) groups is 1. The summed E-state index contributed by atoms with van der Waals surface area (Å²) >= 11 is 0. The van der Waals surface area contributed by atoms with Crippen molar-refractivity contribution >= 4 is 39.1 Å². The molecule has 0 radical (unpaired) electrons. The third kappa shape index (κ3) is 8.80. The minimum atomic E-state index is -4.84. The Morgan fingerprint density at radius 1 is 1.03 bits per heavy atom. The van der Waals surface area contributed by atoms with E-state index in [-0.39, 0.29) is 40.5 Å². The number of aryl methyl sites for hydroxylation is 1. The molecule has 2 aliphatic rings. The quantitative estimate of drug-likeness (QED) is 0.0430. The van der Waals surface area contributed by atoms with Gasteiger partial charge in [0, 0.05) is 40.8 Å². The highest BCUT2D eigenvalue weighted by Gasteiger charge is 2.43. The van der Waals surface area contributed by atoms with Gasteiger partial charge in [0.25, 0.3) is 0 Å². The van der Waals surface area contributed by atoms with Crippen molar-refractivity contribution in [1.29, 1.82) is 0 Å². The largest absolute Gasteiger partial charge is 0.494 e. The maximum atomic E-state index is 15.0. The Kier molecular flexibility index (Phi) is 11.8. The molecule has 3 aromatic carbocycles. The number of amides is 1. The maximum Gasteiger partial charge on any atom is 0.419 e. The number of hydrogen-bond donors (Lipinski definition) is 8. The van der Waals surface area contributed by atoms with Crippen LogP contribution in [0.5, 0.6) is 23.3 Å². The van der Waals surface area contributed by atoms with Crippen LogP contribution < -0.4 is 30.7 Å². The number of fused-ring (bicyclic) bond motifs is 2. The standard InChI is InChI=1S/C41H47F4N7O7/c1-21(23-6-4-8-26(35(23)42)41(43,44)45)47-36-25-18-31(30(58-3)19-28(25)48-22(2)49-36)59-20-40(13-14-40)15-17-46-16-12-33(54)50-27-9-5-7-24-34(27)39(57)52(38(24)56)29-10-11-32(53)51-37(29)55/h4-9,18-19,21,29,32,37,46,51,53,55-57H,10-17,20H2,1-3H3,(H,50,54)(H,47,48,49)/t21-,29?,32?,37?/m1/s1. The second-order valence-electron chi connectivity index (χ2n) is 15.3. The van der Waals surface area contributed by atoms with Gasteiger partial charge in [-0.2, -0.15) is 13.2 Å². The molecule has 1 aliphatic heterocycles. The highest BCUT2D eigenvalue weighted by molar-refractivity contribution is 6.07. The van der Waals surface area contributed by atoms with E-state index in [9.17, 15) is 38.4 Å². The van der Waals surface area contributed by atoms with Gasteiger partial charge in [-0.25, -0.2) is 14.4 Å². The number of methoxy groups -OCH3 is 1. The summed E-state index contributed by atoms with van der Waals surface area (Å²) in [5.41, 5.74) is -0.820. The number of piperidine rings is 1. The molecule has 14 nitrogen and oxygen atoms in total. The first-order valence-electron chi connectivity index (χ1n) is 19.4. The summed E-state index contributed by atoms with van der Waals surface area (Å²) in [7, 11) is 1.50. The molecule has 3 unspecified atom stereocenters. The molecule has 1 amide bonds. The van der Waals surface area contributed by atoms with E-state index in [1.165, 1.54) is 23.8 Å². The Morgan fingerprint density at radius 3 is 2.51 bits per heavy atom. The molecule has 7 rings (SSSR count). The highest BCUT2D eigenvalue weighted by atomic mass is 19.4. The maximum absolute atomic E-state index is 15.0. The normalized spacial score (nSPS) is 19.4. The lowest BCUT2D eigenvalue weighted by Crippen LogP contribution is -2.47. The van der Waals surface area contributed by atoms with Crippen LogP contribution in [-0.2, 0) is 11.0 Å². The molecule has 0 spiro atoms. The SMILES string of the molecule is COc1cc2nc(C)nc(N[C@H](C)c3cccc(C(F)(F)F)c3F)c2cc1OCC1(CCNCCC(=O)Nc2cccc3c(O)n(C4CCC(O)NC4O)c(O)c23)CC1. The van der Waals surface area contributed by atoms with Gasteiger partial charge in [0.05, 0.1) is 48.0 Å². The average Bonchev–Trinajstić information content (AvgIpc) is 3.91. The molecule has 0 bridgehead atoms. The van der Waals surface area contributed by atoms with E-state index >= 15 is 4.39 Å². The summed E-state index contributed by atoms with van der Waals surface area (Å²) in [6.07, 6.45) is -3.62. The Morgan fingerprint density at radius 2 is 1.80 bits per heavy atom. The first kappa shape index (κ1) is 41.7. The number of benzene rings is 3. The van der Waals surface area contributed by atoms with Crippen molar-refractivity contribution in [3.05, 3.63) is 71.3 Å². The molecule has 8 N–H and O–H groups in total. The van der Waals surface area contributed by atoms with Crippen molar-refractivity contribution in [2.24, 2.45) is 5.41 Å². The Hall–Kier alpha value is -5.43. The second kappa shape index (κ2) is 16.7. The number of aromatic hydroxyl groups is 2. The Labute approximate surface area is 336 Å². The lowest BCUT2D eigenvalue weighted by Gasteiger charge is -2.33. The Bertz CT molecular complexity index is 2350. The summed E-state index contributed by atoms with van der Waals surface area (Å²) in [5.74, 6) is -0.713. The lowest BCUT2D eigenvalue weighted by molar-refractivity contribution is -0.140. The van der Waals surface area contributed by atoms with Gasteiger partial charge in [0.15, 0.2) is 11.5 Å². The number of halogens is 4. The van der Waals surface area contributed by atoms with Crippen LogP contribution in [0.1, 0.15) is 74.5 Å². The van der Waals surface area contributed by atoms with E-state index < -0.39 is 42.1 Å². The molecule has 18 heteroatoms. The zero-order valence-electron chi connectivity index (χ0n) is 32.7. The van der Waals surface area contributed by atoms with Crippen LogP contribution in [0, 0.1) is 18.2 Å². The van der Waals surface area contributed by atoms with E-state index in [1.807, 2.05) is 0 Å². The molecule has 4 atom stereocenters. The zero-order chi connectivity index (χ0) is 42.2. The van der Waals surface area contributed by atoms with Gasteiger partial charge in [0.1, 0.15) is 29.9 Å². The fourth-order valence-electron chi connectivity index (χ4n) is 7.69. The smallest absolute Gasteiger partial charge is 0.419 e. The first-order chi connectivity index (χ1) is 28.1. The van der Waals surface area contributed by atoms with Crippen LogP contribution in [0.4, 0.5) is 29.1 Å². The molecule has 5 aromatic rings. The number of nitrogens with one attached hydrogen (secondary N) is 4. The molecular formula is C41H47F4N7O7. The summed E-state index contributed by atoms with van der Waals surface area (Å²) in [6.45, 7) is 4.57. The van der Waals surface area contributed by atoms with E-state index in [2.05, 4.69) is 31.2 Å². The molecule has 316 valence electrons. The minimum Gasteiger partial charge on any atom is -0.494 e. The molecule has 2 aromatic heterocycles. The number of nitrogens with zero attached hydrogens (tertiary/aromatic N) is 3. The monoisotopic (exact) mass is 825 g/mol. The van der Waals surface area contributed by atoms with Gasteiger partial charge >= 0.3 is 6.18 Å². The summed E-state index contributed by atoms with van der Waals surface area (Å²) in [6, 6.07) is 9.81. The van der Waals surface area contributed by atoms with E-state index in [0.29, 0.717) is 83.7 Å². The number of hydrogen-bond acceptors (Lipinski definition) is 12. The van der Waals surface area contributed by atoms with E-state index in [1.54, 1.807) is 44.2 Å². The number of carbonyl (C=O) groups excluding carboxylic acids is 1. The number of aromatic nitrogens is 3. The van der Waals surface area contributed by atoms with Crippen molar-refractivity contribution in [3.63, 3.8) is 0 Å². The number of aliphatic hydroxyl groups excluding tert-OH is 2. The van der Waals surface area contributed by atoms with Crippen LogP contribution in [0.3, 0.4) is 0 Å². The zero-order valence-corrected chi connectivity index (χ0v) is 32.7. The molecule has 3 heterocycles. The van der Waals surface area contributed by atoms with Crippen LogP contribution in [-0.4, -0.2) is 80.1 Å². The van der Waals surface area contributed by atoms with Gasteiger partial charge < -0.3 is 45.9 Å². The molecule has 1 saturated heterocycles. The molecule has 1 saturated carbocycles. The molecule has 2 fully saturated rings. The highest BCUT2D eigenvalue weighted by Crippen LogP contribution is 2.50. The van der Waals surface area contributed by atoms with Gasteiger partial charge in [-0.15, -0.1) is 0 Å². The number of alkyl halides is 3. The molecule has 59 heavy (non-hydrogen) atoms. The van der Waals surface area contributed by atoms with E-state index in [0.717, 1.165) is 19.3 Å². The van der Waals surface area contributed by atoms with E-state index in [4.69, 9.17) is 9.47 Å². The number of anilines is 2. The summed E-state index contributed by atoms with van der Waals surface area (Å²) in [5, 5.41) is 55.2. The summed E-state index contributed by atoms with van der Waals surface area (Å²) in [4.78, 5) is 22.0.